The van der Waals surface area contributed by atoms with Gasteiger partial charge in [0.15, 0.2) is 0 Å². The molecule has 84 valence electrons. The molecule has 0 spiro atoms. The zero-order valence-corrected chi connectivity index (χ0v) is 9.23. The summed E-state index contributed by atoms with van der Waals surface area (Å²) < 4.78 is 2.06. The molecule has 0 bridgehead atoms. The lowest BCUT2D eigenvalue weighted by molar-refractivity contribution is -0.118. The van der Waals surface area contributed by atoms with Gasteiger partial charge in [-0.15, -0.1) is 0 Å². The normalized spacial score (nSPS) is 12.7. The first-order chi connectivity index (χ1) is 7.13. The van der Waals surface area contributed by atoms with E-state index in [1.165, 1.54) is 0 Å². The first-order valence-corrected chi connectivity index (χ1v) is 5.15. The molecule has 1 atom stereocenters. The second kappa shape index (κ2) is 5.50. The minimum absolute atomic E-state index is 0.0875. The highest BCUT2D eigenvalue weighted by Gasteiger charge is 2.07. The molecule has 0 aliphatic carbocycles. The van der Waals surface area contributed by atoms with Crippen LogP contribution in [0.5, 0.6) is 0 Å². The molecule has 1 heterocycles. The highest BCUT2D eigenvalue weighted by Crippen LogP contribution is 1.98. The molecule has 0 aliphatic rings. The lowest BCUT2D eigenvalue weighted by Gasteiger charge is -2.12. The van der Waals surface area contributed by atoms with Gasteiger partial charge in [-0.2, -0.15) is 0 Å². The van der Waals surface area contributed by atoms with Crippen LogP contribution in [0, 0.1) is 0 Å². The van der Waals surface area contributed by atoms with E-state index in [1.54, 1.807) is 6.20 Å². The average Bonchev–Trinajstić information content (AvgIpc) is 2.60. The van der Waals surface area contributed by atoms with Crippen LogP contribution in [-0.4, -0.2) is 21.5 Å². The molecular formula is C10H18N4O. The van der Waals surface area contributed by atoms with Gasteiger partial charge in [0.05, 0.1) is 6.54 Å². The third-order valence-electron chi connectivity index (χ3n) is 2.26. The van der Waals surface area contributed by atoms with Crippen LogP contribution < -0.4 is 11.1 Å². The predicted octanol–water partition coefficient (Wildman–Crippen LogP) is 0.256. The number of carbonyl (C=O) groups is 1. The molecule has 1 aromatic heterocycles. The molecule has 1 rings (SSSR count). The van der Waals surface area contributed by atoms with Crippen molar-refractivity contribution in [2.24, 2.45) is 5.73 Å². The van der Waals surface area contributed by atoms with Crippen molar-refractivity contribution in [3.63, 3.8) is 0 Å². The van der Waals surface area contributed by atoms with E-state index in [-0.39, 0.29) is 11.9 Å². The maximum atomic E-state index is 10.7. The number of carbonyl (C=O) groups excluding carboxylic acids is 1. The summed E-state index contributed by atoms with van der Waals surface area (Å²) in [5.74, 6) is 0.697. The van der Waals surface area contributed by atoms with Crippen molar-refractivity contribution in [1.82, 2.24) is 14.9 Å². The number of hydrogen-bond acceptors (Lipinski definition) is 3. The summed E-state index contributed by atoms with van der Waals surface area (Å²) in [5, 5.41) is 3.21. The Labute approximate surface area is 89.7 Å². The Bertz CT molecular complexity index is 321. The monoisotopic (exact) mass is 210 g/mol. The Balaban J connectivity index is 2.39. The maximum Gasteiger partial charge on any atom is 0.218 e. The number of nitrogens with one attached hydrogen (secondary N) is 1. The van der Waals surface area contributed by atoms with E-state index in [0.29, 0.717) is 13.0 Å². The number of imidazole rings is 1. The topological polar surface area (TPSA) is 72.9 Å². The van der Waals surface area contributed by atoms with Crippen molar-refractivity contribution in [2.45, 2.75) is 39.4 Å². The van der Waals surface area contributed by atoms with Crippen LogP contribution in [0.25, 0.3) is 0 Å². The van der Waals surface area contributed by atoms with Crippen LogP contribution in [0.4, 0.5) is 0 Å². The first-order valence-electron chi connectivity index (χ1n) is 5.15. The zero-order valence-electron chi connectivity index (χ0n) is 9.23. The van der Waals surface area contributed by atoms with Gasteiger partial charge in [-0.05, 0) is 13.8 Å². The average molecular weight is 210 g/mol. The molecule has 0 saturated carbocycles. The van der Waals surface area contributed by atoms with Gasteiger partial charge in [-0.3, -0.25) is 4.79 Å². The minimum Gasteiger partial charge on any atom is -0.370 e. The number of primary amides is 1. The molecule has 5 heteroatoms. The molecule has 5 nitrogen and oxygen atoms in total. The third kappa shape index (κ3) is 3.71. The molecule has 1 amide bonds. The fourth-order valence-corrected chi connectivity index (χ4v) is 1.43. The van der Waals surface area contributed by atoms with Gasteiger partial charge in [0.25, 0.3) is 0 Å². The zero-order chi connectivity index (χ0) is 11.3. The highest BCUT2D eigenvalue weighted by molar-refractivity contribution is 5.74. The quantitative estimate of drug-likeness (QED) is 0.707. The Morgan fingerprint density at radius 1 is 1.73 bits per heavy atom. The largest absolute Gasteiger partial charge is 0.370 e. The number of nitrogens with zero attached hydrogens (tertiary/aromatic N) is 2. The van der Waals surface area contributed by atoms with Crippen LogP contribution in [0.3, 0.4) is 0 Å². The second-order valence-electron chi connectivity index (χ2n) is 3.58. The fraction of sp³-hybridized carbons (Fsp3) is 0.600. The third-order valence-corrected chi connectivity index (χ3v) is 2.26. The summed E-state index contributed by atoms with van der Waals surface area (Å²) in [5.41, 5.74) is 5.10. The molecular weight excluding hydrogens is 192 g/mol. The Kier molecular flexibility index (Phi) is 4.30. The summed E-state index contributed by atoms with van der Waals surface area (Å²) in [6.45, 7) is 5.57. The number of aromatic nitrogens is 2. The van der Waals surface area contributed by atoms with E-state index >= 15 is 0 Å². The van der Waals surface area contributed by atoms with Crippen molar-refractivity contribution >= 4 is 5.91 Å². The van der Waals surface area contributed by atoms with Crippen LogP contribution in [-0.2, 0) is 17.9 Å². The van der Waals surface area contributed by atoms with E-state index in [2.05, 4.69) is 21.8 Å². The number of hydrogen-bond donors (Lipinski definition) is 2. The van der Waals surface area contributed by atoms with Crippen LogP contribution in [0.2, 0.25) is 0 Å². The summed E-state index contributed by atoms with van der Waals surface area (Å²) >= 11 is 0. The molecule has 0 radical (unpaired) electrons. The standard InChI is InChI=1S/C10H18N4O/c1-3-14-5-4-12-10(14)7-13-8(2)6-9(11)15/h4-5,8,13H,3,6-7H2,1-2H3,(H2,11,15). The van der Waals surface area contributed by atoms with Crippen molar-refractivity contribution in [2.75, 3.05) is 0 Å². The molecule has 3 N–H and O–H groups in total. The number of rotatable bonds is 6. The van der Waals surface area contributed by atoms with E-state index in [1.807, 2.05) is 13.1 Å². The molecule has 1 unspecified atom stereocenters. The second-order valence-corrected chi connectivity index (χ2v) is 3.58. The van der Waals surface area contributed by atoms with Crippen LogP contribution in [0.1, 0.15) is 26.1 Å². The van der Waals surface area contributed by atoms with Gasteiger partial charge in [-0.25, -0.2) is 4.98 Å². The van der Waals surface area contributed by atoms with Gasteiger partial charge in [0.2, 0.25) is 5.91 Å². The predicted molar refractivity (Wildman–Crippen MR) is 58.0 cm³/mol. The van der Waals surface area contributed by atoms with Gasteiger partial charge < -0.3 is 15.6 Å². The lowest BCUT2D eigenvalue weighted by Crippen LogP contribution is -2.31. The molecule has 1 aromatic rings. The van der Waals surface area contributed by atoms with Gasteiger partial charge in [-0.1, -0.05) is 0 Å². The summed E-state index contributed by atoms with van der Waals surface area (Å²) in [6, 6.07) is 0.0875. The lowest BCUT2D eigenvalue weighted by atomic mass is 10.2. The van der Waals surface area contributed by atoms with E-state index in [4.69, 9.17) is 5.73 Å². The van der Waals surface area contributed by atoms with Crippen LogP contribution >= 0.6 is 0 Å². The molecule has 0 saturated heterocycles. The Morgan fingerprint density at radius 2 is 2.47 bits per heavy atom. The van der Waals surface area contributed by atoms with Gasteiger partial charge in [0.1, 0.15) is 5.82 Å². The minimum atomic E-state index is -0.283. The van der Waals surface area contributed by atoms with Crippen molar-refractivity contribution in [3.8, 4) is 0 Å². The first kappa shape index (κ1) is 11.7. The SMILES string of the molecule is CCn1ccnc1CNC(C)CC(N)=O. The highest BCUT2D eigenvalue weighted by atomic mass is 16.1. The summed E-state index contributed by atoms with van der Waals surface area (Å²) in [4.78, 5) is 14.9. The molecule has 0 fully saturated rings. The maximum absolute atomic E-state index is 10.7. The summed E-state index contributed by atoms with van der Waals surface area (Å²) in [6.07, 6.45) is 4.07. The van der Waals surface area contributed by atoms with Gasteiger partial charge in [0, 0.05) is 31.4 Å². The number of aryl methyl sites for hydroxylation is 1. The number of amides is 1. The summed E-state index contributed by atoms with van der Waals surface area (Å²) in [7, 11) is 0. The smallest absolute Gasteiger partial charge is 0.218 e. The molecule has 15 heavy (non-hydrogen) atoms. The Hall–Kier alpha value is -1.36. The molecule has 0 aromatic carbocycles. The van der Waals surface area contributed by atoms with Crippen molar-refractivity contribution in [3.05, 3.63) is 18.2 Å². The van der Waals surface area contributed by atoms with Crippen LogP contribution in [0.15, 0.2) is 12.4 Å². The van der Waals surface area contributed by atoms with Crippen molar-refractivity contribution < 1.29 is 4.79 Å². The van der Waals surface area contributed by atoms with E-state index < -0.39 is 0 Å². The Morgan fingerprint density at radius 3 is 3.07 bits per heavy atom. The molecule has 0 aliphatic heterocycles. The van der Waals surface area contributed by atoms with Crippen molar-refractivity contribution in [1.29, 1.82) is 0 Å². The van der Waals surface area contributed by atoms with E-state index in [0.717, 1.165) is 12.4 Å². The van der Waals surface area contributed by atoms with E-state index in [9.17, 15) is 4.79 Å². The van der Waals surface area contributed by atoms with Gasteiger partial charge >= 0.3 is 0 Å². The number of nitrogens with two attached hydrogens (primary N) is 1. The fourth-order valence-electron chi connectivity index (χ4n) is 1.43.